The van der Waals surface area contributed by atoms with E-state index in [9.17, 15) is 4.79 Å². The lowest BCUT2D eigenvalue weighted by Crippen LogP contribution is -2.16. The number of aromatic nitrogens is 2. The number of hydrogen-bond donors (Lipinski definition) is 2. The molecule has 1 aromatic rings. The van der Waals surface area contributed by atoms with Gasteiger partial charge in [0, 0.05) is 19.0 Å². The second kappa shape index (κ2) is 4.74. The van der Waals surface area contributed by atoms with Crippen LogP contribution >= 0.6 is 11.6 Å². The number of nitrogens with one attached hydrogen (secondary N) is 1. The number of carbonyl (C=O) groups is 1. The lowest BCUT2D eigenvalue weighted by Gasteiger charge is -2.01. The maximum atomic E-state index is 11.0. The number of halogens is 1. The summed E-state index contributed by atoms with van der Waals surface area (Å²) in [5.74, 6) is 0.204. The van der Waals surface area contributed by atoms with Gasteiger partial charge in [0.05, 0.1) is 0 Å². The van der Waals surface area contributed by atoms with Gasteiger partial charge in [-0.2, -0.15) is 0 Å². The third-order valence-corrected chi connectivity index (χ3v) is 1.48. The minimum Gasteiger partial charge on any atom is -0.330 e. The van der Waals surface area contributed by atoms with Crippen molar-refractivity contribution < 1.29 is 4.79 Å². The van der Waals surface area contributed by atoms with E-state index in [4.69, 9.17) is 17.3 Å². The van der Waals surface area contributed by atoms with Crippen molar-refractivity contribution in [1.82, 2.24) is 9.97 Å². The first kappa shape index (κ1) is 9.88. The van der Waals surface area contributed by atoms with Crippen LogP contribution in [0.3, 0.4) is 0 Å². The quantitative estimate of drug-likeness (QED) is 0.693. The molecule has 0 saturated heterocycles. The Hall–Kier alpha value is -1.20. The maximum Gasteiger partial charge on any atom is 0.226 e. The fourth-order valence-electron chi connectivity index (χ4n) is 0.738. The van der Waals surface area contributed by atoms with Crippen LogP contribution < -0.4 is 11.1 Å². The number of hydrogen-bond acceptors (Lipinski definition) is 4. The van der Waals surface area contributed by atoms with Crippen molar-refractivity contribution in [3.63, 3.8) is 0 Å². The summed E-state index contributed by atoms with van der Waals surface area (Å²) in [6.07, 6.45) is 1.54. The van der Waals surface area contributed by atoms with Gasteiger partial charge in [-0.1, -0.05) is 11.6 Å². The van der Waals surface area contributed by atoms with E-state index in [1.807, 2.05) is 0 Å². The van der Waals surface area contributed by atoms with Gasteiger partial charge < -0.3 is 11.1 Å². The molecule has 0 atom stereocenters. The third-order valence-electron chi connectivity index (χ3n) is 1.27. The topological polar surface area (TPSA) is 80.9 Å². The van der Waals surface area contributed by atoms with Gasteiger partial charge in [0.2, 0.25) is 5.91 Å². The van der Waals surface area contributed by atoms with Crippen LogP contribution in [-0.2, 0) is 4.79 Å². The Labute approximate surface area is 80.3 Å². The Morgan fingerprint density at radius 3 is 3.00 bits per heavy atom. The Morgan fingerprint density at radius 1 is 1.62 bits per heavy atom. The molecule has 0 aliphatic rings. The summed E-state index contributed by atoms with van der Waals surface area (Å²) >= 11 is 5.58. The zero-order valence-electron chi connectivity index (χ0n) is 6.83. The standard InChI is InChI=1S/C7H9ClN4O/c8-5-3-6(11-4-10-5)12-7(13)1-2-9/h3-4H,1-2,9H2,(H,10,11,12,13). The number of amides is 1. The first-order chi connectivity index (χ1) is 6.22. The summed E-state index contributed by atoms with van der Waals surface area (Å²) in [4.78, 5) is 18.5. The van der Waals surface area contributed by atoms with Gasteiger partial charge in [-0.3, -0.25) is 4.79 Å². The second-order valence-corrected chi connectivity index (χ2v) is 2.70. The van der Waals surface area contributed by atoms with E-state index in [2.05, 4.69) is 15.3 Å². The van der Waals surface area contributed by atoms with Gasteiger partial charge in [-0.15, -0.1) is 0 Å². The van der Waals surface area contributed by atoms with Crippen molar-refractivity contribution in [2.75, 3.05) is 11.9 Å². The van der Waals surface area contributed by atoms with E-state index < -0.39 is 0 Å². The van der Waals surface area contributed by atoms with E-state index in [1.165, 1.54) is 12.4 Å². The molecule has 1 amide bonds. The van der Waals surface area contributed by atoms with Crippen LogP contribution in [0.2, 0.25) is 5.15 Å². The van der Waals surface area contributed by atoms with Crippen LogP contribution in [0.15, 0.2) is 12.4 Å². The number of nitrogens with two attached hydrogens (primary N) is 1. The lowest BCUT2D eigenvalue weighted by atomic mass is 10.4. The molecule has 13 heavy (non-hydrogen) atoms. The largest absolute Gasteiger partial charge is 0.330 e. The highest BCUT2D eigenvalue weighted by Gasteiger charge is 2.01. The summed E-state index contributed by atoms with van der Waals surface area (Å²) in [5, 5.41) is 2.82. The minimum atomic E-state index is -0.183. The Balaban J connectivity index is 2.58. The predicted molar refractivity (Wildman–Crippen MR) is 49.3 cm³/mol. The van der Waals surface area contributed by atoms with Gasteiger partial charge in [-0.25, -0.2) is 9.97 Å². The Bertz CT molecular complexity index is 304. The first-order valence-corrected chi connectivity index (χ1v) is 4.07. The predicted octanol–water partition coefficient (Wildman–Crippen LogP) is 0.417. The first-order valence-electron chi connectivity index (χ1n) is 3.70. The molecule has 0 bridgehead atoms. The van der Waals surface area contributed by atoms with Crippen LogP contribution in [0.5, 0.6) is 0 Å². The van der Waals surface area contributed by atoms with E-state index in [1.54, 1.807) is 0 Å². The lowest BCUT2D eigenvalue weighted by molar-refractivity contribution is -0.116. The minimum absolute atomic E-state index is 0.183. The zero-order valence-corrected chi connectivity index (χ0v) is 7.58. The van der Waals surface area contributed by atoms with Gasteiger partial charge in [0.25, 0.3) is 0 Å². The summed E-state index contributed by atoms with van der Waals surface area (Å²) in [6, 6.07) is 1.47. The molecule has 1 rings (SSSR count). The average molecular weight is 201 g/mol. The highest BCUT2D eigenvalue weighted by atomic mass is 35.5. The van der Waals surface area contributed by atoms with E-state index >= 15 is 0 Å². The molecule has 0 radical (unpaired) electrons. The van der Waals surface area contributed by atoms with E-state index in [-0.39, 0.29) is 17.5 Å². The molecule has 0 fully saturated rings. The molecule has 3 N–H and O–H groups in total. The monoisotopic (exact) mass is 200 g/mol. The van der Waals surface area contributed by atoms with Crippen LogP contribution in [0.4, 0.5) is 5.82 Å². The van der Waals surface area contributed by atoms with Crippen LogP contribution in [0.1, 0.15) is 6.42 Å². The molecule has 5 nitrogen and oxygen atoms in total. The van der Waals surface area contributed by atoms with Crippen molar-refractivity contribution in [2.24, 2.45) is 5.73 Å². The Morgan fingerprint density at radius 2 is 2.38 bits per heavy atom. The number of anilines is 1. The number of nitrogens with zero attached hydrogens (tertiary/aromatic N) is 2. The molecule has 0 spiro atoms. The molecule has 0 aliphatic carbocycles. The smallest absolute Gasteiger partial charge is 0.226 e. The van der Waals surface area contributed by atoms with Crippen molar-refractivity contribution in [3.8, 4) is 0 Å². The van der Waals surface area contributed by atoms with Gasteiger partial charge in [0.15, 0.2) is 0 Å². The summed E-state index contributed by atoms with van der Waals surface area (Å²) in [7, 11) is 0. The van der Waals surface area contributed by atoms with Gasteiger partial charge >= 0.3 is 0 Å². The molecule has 6 heteroatoms. The van der Waals surface area contributed by atoms with Crippen molar-refractivity contribution in [3.05, 3.63) is 17.5 Å². The van der Waals surface area contributed by atoms with Crippen molar-refractivity contribution in [2.45, 2.75) is 6.42 Å². The summed E-state index contributed by atoms with van der Waals surface area (Å²) < 4.78 is 0. The average Bonchev–Trinajstić information content (AvgIpc) is 2.04. The van der Waals surface area contributed by atoms with Crippen LogP contribution in [0, 0.1) is 0 Å². The number of rotatable bonds is 3. The molecule has 0 aromatic carbocycles. The molecule has 0 aliphatic heterocycles. The van der Waals surface area contributed by atoms with Crippen molar-refractivity contribution >= 4 is 23.3 Å². The SMILES string of the molecule is NCCC(=O)Nc1cc(Cl)ncn1. The molecular weight excluding hydrogens is 192 g/mol. The van der Waals surface area contributed by atoms with Crippen LogP contribution in [0.25, 0.3) is 0 Å². The molecule has 0 saturated carbocycles. The fourth-order valence-corrected chi connectivity index (χ4v) is 0.885. The highest BCUT2D eigenvalue weighted by Crippen LogP contribution is 2.08. The van der Waals surface area contributed by atoms with Crippen molar-refractivity contribution in [1.29, 1.82) is 0 Å². The maximum absolute atomic E-state index is 11.0. The van der Waals surface area contributed by atoms with E-state index in [0.717, 1.165) is 0 Å². The fraction of sp³-hybridized carbons (Fsp3) is 0.286. The Kier molecular flexibility index (Phi) is 3.60. The highest BCUT2D eigenvalue weighted by molar-refractivity contribution is 6.29. The number of carbonyl (C=O) groups excluding carboxylic acids is 1. The summed E-state index contributed by atoms with van der Waals surface area (Å²) in [6.45, 7) is 0.310. The molecule has 0 unspecified atom stereocenters. The van der Waals surface area contributed by atoms with Gasteiger partial charge in [-0.05, 0) is 0 Å². The van der Waals surface area contributed by atoms with Crippen LogP contribution in [-0.4, -0.2) is 22.4 Å². The molecular formula is C7H9ClN4O. The molecule has 1 heterocycles. The van der Waals surface area contributed by atoms with Gasteiger partial charge in [0.1, 0.15) is 17.3 Å². The van der Waals surface area contributed by atoms with E-state index in [0.29, 0.717) is 12.4 Å². The summed E-state index contributed by atoms with van der Waals surface area (Å²) in [5.41, 5.74) is 5.19. The molecule has 70 valence electrons. The normalized spacial score (nSPS) is 9.69. The zero-order chi connectivity index (χ0) is 9.68. The third kappa shape index (κ3) is 3.35. The molecule has 1 aromatic heterocycles. The second-order valence-electron chi connectivity index (χ2n) is 2.31.